The number of carbonyl (C=O) groups excluding carboxylic acids is 2. The number of aryl methyl sites for hydroxylation is 2. The molecule has 0 atom stereocenters. The van der Waals surface area contributed by atoms with E-state index in [-0.39, 0.29) is 18.8 Å². The van der Waals surface area contributed by atoms with E-state index in [9.17, 15) is 14.0 Å². The van der Waals surface area contributed by atoms with Gasteiger partial charge < -0.3 is 10.1 Å². The molecule has 0 fully saturated rings. The van der Waals surface area contributed by atoms with Gasteiger partial charge in [0.25, 0.3) is 5.91 Å². The lowest BCUT2D eigenvalue weighted by atomic mass is 10.1. The third-order valence-corrected chi connectivity index (χ3v) is 4.54. The number of hydrogen-bond donors (Lipinski definition) is 1. The Labute approximate surface area is 150 Å². The number of carbonyl (C=O) groups is 2. The topological polar surface area (TPSA) is 55.4 Å². The van der Waals surface area contributed by atoms with Crippen LogP contribution in [0.5, 0.6) is 0 Å². The van der Waals surface area contributed by atoms with E-state index in [0.29, 0.717) is 11.4 Å². The van der Waals surface area contributed by atoms with Crippen molar-refractivity contribution in [1.29, 1.82) is 0 Å². The van der Waals surface area contributed by atoms with Crippen LogP contribution in [0.4, 0.5) is 10.1 Å². The molecule has 0 aliphatic rings. The van der Waals surface area contributed by atoms with Crippen molar-refractivity contribution in [2.45, 2.75) is 25.2 Å². The average Bonchev–Trinajstić information content (AvgIpc) is 2.58. The molecule has 1 N–H and O–H groups in total. The van der Waals surface area contributed by atoms with Crippen LogP contribution in [-0.4, -0.2) is 24.2 Å². The lowest BCUT2D eigenvalue weighted by Gasteiger charge is -2.07. The Balaban J connectivity index is 1.67. The number of nitrogens with one attached hydrogen (secondary N) is 1. The third-order valence-electron chi connectivity index (χ3n) is 3.55. The summed E-state index contributed by atoms with van der Waals surface area (Å²) in [6.45, 7) is 3.75. The van der Waals surface area contributed by atoms with Crippen molar-refractivity contribution < 1.29 is 18.7 Å². The summed E-state index contributed by atoms with van der Waals surface area (Å²) in [6.07, 6.45) is 0.224. The lowest BCUT2D eigenvalue weighted by Crippen LogP contribution is -2.21. The Morgan fingerprint density at radius 3 is 2.48 bits per heavy atom. The Morgan fingerprint density at radius 1 is 1.08 bits per heavy atom. The van der Waals surface area contributed by atoms with Crippen molar-refractivity contribution in [3.8, 4) is 0 Å². The fraction of sp³-hybridized carbons (Fsp3) is 0.263. The van der Waals surface area contributed by atoms with Crippen LogP contribution in [0.25, 0.3) is 0 Å². The fourth-order valence-electron chi connectivity index (χ4n) is 2.00. The Morgan fingerprint density at radius 2 is 1.80 bits per heavy atom. The monoisotopic (exact) mass is 361 g/mol. The molecule has 0 aromatic heterocycles. The van der Waals surface area contributed by atoms with Crippen molar-refractivity contribution >= 4 is 29.3 Å². The van der Waals surface area contributed by atoms with Crippen molar-refractivity contribution in [2.75, 3.05) is 17.7 Å². The predicted octanol–water partition coefficient (Wildman–Crippen LogP) is 4.11. The number of benzene rings is 2. The molecule has 2 aromatic rings. The molecule has 1 amide bonds. The number of amides is 1. The van der Waals surface area contributed by atoms with Gasteiger partial charge in [0, 0.05) is 16.3 Å². The van der Waals surface area contributed by atoms with Gasteiger partial charge in [0.05, 0.1) is 6.42 Å². The maximum Gasteiger partial charge on any atom is 0.307 e. The first-order chi connectivity index (χ1) is 11.9. The molecule has 132 valence electrons. The molecule has 0 unspecified atom stereocenters. The predicted molar refractivity (Wildman–Crippen MR) is 97.2 cm³/mol. The lowest BCUT2D eigenvalue weighted by molar-refractivity contribution is -0.146. The molecular formula is C19H20FNO3S. The van der Waals surface area contributed by atoms with Gasteiger partial charge in [-0.2, -0.15) is 0 Å². The highest BCUT2D eigenvalue weighted by Gasteiger charge is 2.08. The summed E-state index contributed by atoms with van der Waals surface area (Å²) in [5.74, 6) is -0.681. The van der Waals surface area contributed by atoms with Crippen LogP contribution in [0.2, 0.25) is 0 Å². The number of halogens is 1. The Hall–Kier alpha value is -2.34. The molecule has 0 radical (unpaired) electrons. The number of thioether (sulfide) groups is 1. The molecule has 0 bridgehead atoms. The molecule has 0 saturated carbocycles. The third kappa shape index (κ3) is 6.58. The summed E-state index contributed by atoms with van der Waals surface area (Å²) in [5, 5.41) is 2.53. The van der Waals surface area contributed by atoms with Crippen LogP contribution >= 0.6 is 11.8 Å². The SMILES string of the molecule is Cc1ccc(SCCC(=O)OCC(=O)Nc2ccc(F)cc2)cc1C. The maximum absolute atomic E-state index is 12.8. The first kappa shape index (κ1) is 19.0. The van der Waals surface area contributed by atoms with E-state index in [1.807, 2.05) is 13.0 Å². The quantitative estimate of drug-likeness (QED) is 0.596. The summed E-state index contributed by atoms with van der Waals surface area (Å²) >= 11 is 1.57. The van der Waals surface area contributed by atoms with E-state index < -0.39 is 11.9 Å². The zero-order chi connectivity index (χ0) is 18.2. The van der Waals surface area contributed by atoms with E-state index in [1.165, 1.54) is 35.4 Å². The van der Waals surface area contributed by atoms with Crippen LogP contribution in [0, 0.1) is 19.7 Å². The number of ether oxygens (including phenoxy) is 1. The summed E-state index contributed by atoms with van der Waals surface area (Å²) in [4.78, 5) is 24.5. The van der Waals surface area contributed by atoms with Crippen LogP contribution in [0.15, 0.2) is 47.4 Å². The summed E-state index contributed by atoms with van der Waals surface area (Å²) in [6, 6.07) is 11.5. The van der Waals surface area contributed by atoms with Crippen molar-refractivity contribution in [3.05, 3.63) is 59.4 Å². The van der Waals surface area contributed by atoms with E-state index in [2.05, 4.69) is 24.4 Å². The van der Waals surface area contributed by atoms with E-state index >= 15 is 0 Å². The highest BCUT2D eigenvalue weighted by molar-refractivity contribution is 7.99. The van der Waals surface area contributed by atoms with E-state index in [4.69, 9.17) is 4.74 Å². The summed E-state index contributed by atoms with van der Waals surface area (Å²) in [7, 11) is 0. The molecule has 2 rings (SSSR count). The minimum absolute atomic E-state index is 0.224. The standard InChI is InChI=1S/C19H20FNO3S/c1-13-3-8-17(11-14(13)2)25-10-9-19(23)24-12-18(22)21-16-6-4-15(20)5-7-16/h3-8,11H,9-10,12H2,1-2H3,(H,21,22). The second kappa shape index (κ2) is 9.22. The minimum Gasteiger partial charge on any atom is -0.456 e. The fourth-order valence-corrected chi connectivity index (χ4v) is 2.93. The first-order valence-electron chi connectivity index (χ1n) is 7.85. The Bertz CT molecular complexity index is 747. The highest BCUT2D eigenvalue weighted by atomic mass is 32.2. The molecule has 25 heavy (non-hydrogen) atoms. The minimum atomic E-state index is -0.457. The molecule has 2 aromatic carbocycles. The molecule has 0 saturated heterocycles. The number of rotatable bonds is 7. The van der Waals surface area contributed by atoms with Crippen molar-refractivity contribution in [2.24, 2.45) is 0 Å². The van der Waals surface area contributed by atoms with Gasteiger partial charge in [0.15, 0.2) is 6.61 Å². The number of esters is 1. The van der Waals surface area contributed by atoms with Crippen LogP contribution in [0.3, 0.4) is 0 Å². The van der Waals surface area contributed by atoms with Crippen LogP contribution in [0.1, 0.15) is 17.5 Å². The van der Waals surface area contributed by atoms with Crippen LogP contribution < -0.4 is 5.32 Å². The molecule has 0 heterocycles. The van der Waals surface area contributed by atoms with Gasteiger partial charge >= 0.3 is 5.97 Å². The average molecular weight is 361 g/mol. The van der Waals surface area contributed by atoms with Crippen LogP contribution in [-0.2, 0) is 14.3 Å². The second-order valence-corrected chi connectivity index (χ2v) is 6.73. The molecule has 6 heteroatoms. The number of anilines is 1. The maximum atomic E-state index is 12.8. The zero-order valence-corrected chi connectivity index (χ0v) is 15.0. The van der Waals surface area contributed by atoms with Crippen molar-refractivity contribution in [1.82, 2.24) is 0 Å². The zero-order valence-electron chi connectivity index (χ0n) is 14.2. The molecule has 4 nitrogen and oxygen atoms in total. The molecule has 0 aliphatic carbocycles. The van der Waals surface area contributed by atoms with Gasteiger partial charge in [-0.3, -0.25) is 9.59 Å². The highest BCUT2D eigenvalue weighted by Crippen LogP contribution is 2.21. The van der Waals surface area contributed by atoms with Crippen molar-refractivity contribution in [3.63, 3.8) is 0 Å². The van der Waals surface area contributed by atoms with Gasteiger partial charge in [0.2, 0.25) is 0 Å². The molecule has 0 aliphatic heterocycles. The molecular weight excluding hydrogens is 341 g/mol. The van der Waals surface area contributed by atoms with Gasteiger partial charge in [-0.25, -0.2) is 4.39 Å². The van der Waals surface area contributed by atoms with E-state index in [1.54, 1.807) is 11.8 Å². The normalized spacial score (nSPS) is 10.4. The second-order valence-electron chi connectivity index (χ2n) is 5.56. The van der Waals surface area contributed by atoms with Gasteiger partial charge in [0.1, 0.15) is 5.82 Å². The van der Waals surface area contributed by atoms with Gasteiger partial charge in [-0.05, 0) is 61.4 Å². The van der Waals surface area contributed by atoms with Gasteiger partial charge in [-0.15, -0.1) is 11.8 Å². The van der Waals surface area contributed by atoms with E-state index in [0.717, 1.165) is 4.90 Å². The largest absolute Gasteiger partial charge is 0.456 e. The summed E-state index contributed by atoms with van der Waals surface area (Å²) in [5.41, 5.74) is 2.90. The van der Waals surface area contributed by atoms with Gasteiger partial charge in [-0.1, -0.05) is 6.07 Å². The first-order valence-corrected chi connectivity index (χ1v) is 8.83. The Kier molecular flexibility index (Phi) is 7.01. The molecule has 0 spiro atoms. The number of hydrogen-bond acceptors (Lipinski definition) is 4. The smallest absolute Gasteiger partial charge is 0.307 e. The summed E-state index contributed by atoms with van der Waals surface area (Å²) < 4.78 is 17.7.